The Morgan fingerprint density at radius 1 is 1.21 bits per heavy atom. The van der Waals surface area contributed by atoms with Gasteiger partial charge in [-0.15, -0.1) is 6.58 Å². The molecule has 0 bridgehead atoms. The predicted octanol–water partition coefficient (Wildman–Crippen LogP) is 3.52. The molecule has 1 saturated heterocycles. The zero-order valence-corrected chi connectivity index (χ0v) is 19.2. The van der Waals surface area contributed by atoms with Gasteiger partial charge in [-0.05, 0) is 36.8 Å². The number of aliphatic hydroxyl groups excluding tert-OH is 1. The fourth-order valence-electron chi connectivity index (χ4n) is 3.76. The van der Waals surface area contributed by atoms with E-state index in [4.69, 9.17) is 28.4 Å². The van der Waals surface area contributed by atoms with Crippen LogP contribution in [0.4, 0.5) is 0 Å². The molecule has 3 atom stereocenters. The van der Waals surface area contributed by atoms with Crippen molar-refractivity contribution in [1.82, 2.24) is 0 Å². The second-order valence-electron chi connectivity index (χ2n) is 7.76. The third-order valence-electron chi connectivity index (χ3n) is 5.42. The molecule has 8 nitrogen and oxygen atoms in total. The Morgan fingerprint density at radius 3 is 2.70 bits per heavy atom. The van der Waals surface area contributed by atoms with Crippen LogP contribution in [0.25, 0.3) is 0 Å². The summed E-state index contributed by atoms with van der Waals surface area (Å²) >= 11 is 0. The van der Waals surface area contributed by atoms with E-state index in [1.807, 2.05) is 6.08 Å². The van der Waals surface area contributed by atoms with Crippen LogP contribution in [-0.2, 0) is 23.7 Å². The van der Waals surface area contributed by atoms with Crippen LogP contribution in [0.1, 0.15) is 36.0 Å². The average molecular weight is 461 g/mol. The maximum atomic E-state index is 12.4. The molecule has 1 aromatic rings. The number of hydrogen-bond donors (Lipinski definition) is 1. The molecule has 2 aliphatic rings. The Hall–Kier alpha value is -2.81. The summed E-state index contributed by atoms with van der Waals surface area (Å²) in [6.07, 6.45) is 4.51. The van der Waals surface area contributed by atoms with Crippen molar-refractivity contribution in [3.8, 4) is 5.75 Å². The summed E-state index contributed by atoms with van der Waals surface area (Å²) in [4.78, 5) is 12.4. The van der Waals surface area contributed by atoms with Crippen LogP contribution < -0.4 is 4.74 Å². The highest BCUT2D eigenvalue weighted by atomic mass is 16.7. The summed E-state index contributed by atoms with van der Waals surface area (Å²) < 4.78 is 33.3. The largest absolute Gasteiger partial charge is 0.501 e. The summed E-state index contributed by atoms with van der Waals surface area (Å²) in [6.45, 7) is 4.24. The summed E-state index contributed by atoms with van der Waals surface area (Å²) in [5.74, 6) is 1.73. The van der Waals surface area contributed by atoms with Gasteiger partial charge in [0.05, 0.1) is 44.2 Å². The lowest BCUT2D eigenvalue weighted by atomic mass is 10.0. The van der Waals surface area contributed by atoms with E-state index in [9.17, 15) is 9.90 Å². The molecule has 1 N–H and O–H groups in total. The van der Waals surface area contributed by atoms with Gasteiger partial charge in [0.2, 0.25) is 0 Å². The van der Waals surface area contributed by atoms with E-state index < -0.39 is 24.5 Å². The Kier molecular flexibility index (Phi) is 9.35. The van der Waals surface area contributed by atoms with Crippen molar-refractivity contribution in [2.75, 3.05) is 34.0 Å². The lowest BCUT2D eigenvalue weighted by molar-refractivity contribution is -0.217. The molecule has 8 heteroatoms. The Bertz CT molecular complexity index is 858. The monoisotopic (exact) mass is 460 g/mol. The van der Waals surface area contributed by atoms with Crippen LogP contribution in [0.5, 0.6) is 5.75 Å². The van der Waals surface area contributed by atoms with Crippen molar-refractivity contribution in [2.45, 2.75) is 44.2 Å². The number of aliphatic hydroxyl groups is 1. The van der Waals surface area contributed by atoms with Gasteiger partial charge in [-0.2, -0.15) is 0 Å². The lowest BCUT2D eigenvalue weighted by Gasteiger charge is -2.32. The summed E-state index contributed by atoms with van der Waals surface area (Å²) in [5.41, 5.74) is 1.27. The number of rotatable bonds is 11. The maximum Gasteiger partial charge on any atom is 0.338 e. The SMILES string of the molecule is C=CCO[C@H]1C[C@@H](O)C[C@@H](COC(=O)c2ccc(OCC3=C(OC)CCC=C3OC)cc2)O1. The molecular weight excluding hydrogens is 428 g/mol. The first-order valence-corrected chi connectivity index (χ1v) is 11.0. The molecule has 180 valence electrons. The molecule has 0 amide bonds. The van der Waals surface area contributed by atoms with Crippen LogP contribution >= 0.6 is 0 Å². The number of ether oxygens (including phenoxy) is 6. The molecular formula is C25H32O8. The van der Waals surface area contributed by atoms with Gasteiger partial charge in [0.25, 0.3) is 0 Å². The molecule has 1 aliphatic heterocycles. The highest BCUT2D eigenvalue weighted by molar-refractivity contribution is 5.89. The second kappa shape index (κ2) is 12.4. The van der Waals surface area contributed by atoms with Crippen molar-refractivity contribution in [3.63, 3.8) is 0 Å². The third-order valence-corrected chi connectivity index (χ3v) is 5.42. The van der Waals surface area contributed by atoms with Crippen molar-refractivity contribution >= 4 is 5.97 Å². The molecule has 1 heterocycles. The first-order chi connectivity index (χ1) is 16.0. The predicted molar refractivity (Wildman–Crippen MR) is 121 cm³/mol. The van der Waals surface area contributed by atoms with Gasteiger partial charge in [0.15, 0.2) is 6.29 Å². The molecule has 1 fully saturated rings. The quantitative estimate of drug-likeness (QED) is 0.396. The number of carbonyl (C=O) groups is 1. The van der Waals surface area contributed by atoms with Crippen LogP contribution in [0.2, 0.25) is 0 Å². The normalized spacial score (nSPS) is 22.9. The Balaban J connectivity index is 1.50. The Labute approximate surface area is 194 Å². The van der Waals surface area contributed by atoms with Gasteiger partial charge in [-0.1, -0.05) is 6.08 Å². The number of hydrogen-bond acceptors (Lipinski definition) is 8. The first kappa shape index (κ1) is 24.8. The first-order valence-electron chi connectivity index (χ1n) is 11.0. The van der Waals surface area contributed by atoms with Crippen molar-refractivity contribution in [2.24, 2.45) is 0 Å². The Morgan fingerprint density at radius 2 is 2.00 bits per heavy atom. The van der Waals surface area contributed by atoms with Crippen LogP contribution in [-0.4, -0.2) is 63.6 Å². The van der Waals surface area contributed by atoms with E-state index in [-0.39, 0.29) is 6.61 Å². The lowest BCUT2D eigenvalue weighted by Crippen LogP contribution is -2.39. The van der Waals surface area contributed by atoms with Gasteiger partial charge in [0.1, 0.15) is 30.5 Å². The molecule has 0 radical (unpaired) electrons. The topological polar surface area (TPSA) is 92.7 Å². The molecule has 0 unspecified atom stereocenters. The van der Waals surface area contributed by atoms with E-state index in [1.54, 1.807) is 44.6 Å². The second-order valence-corrected chi connectivity index (χ2v) is 7.76. The van der Waals surface area contributed by atoms with Gasteiger partial charge < -0.3 is 33.5 Å². The van der Waals surface area contributed by atoms with Gasteiger partial charge in [-0.3, -0.25) is 0 Å². The van der Waals surface area contributed by atoms with E-state index in [2.05, 4.69) is 6.58 Å². The summed E-state index contributed by atoms with van der Waals surface area (Å²) in [6, 6.07) is 6.71. The van der Waals surface area contributed by atoms with Crippen LogP contribution in [0.3, 0.4) is 0 Å². The maximum absolute atomic E-state index is 12.4. The number of esters is 1. The van der Waals surface area contributed by atoms with Gasteiger partial charge in [0, 0.05) is 19.3 Å². The highest BCUT2D eigenvalue weighted by Gasteiger charge is 2.29. The standard InChI is InChI=1S/C25H32O8/c1-4-12-30-24-14-18(26)13-20(33-24)15-32-25(27)17-8-10-19(11-9-17)31-16-21-22(28-2)6-5-7-23(21)29-3/h4,6,8-11,18,20,24,26H,1,5,7,12-16H2,2-3H3/t18-,20-,24+/m0/s1. The molecule has 0 saturated carbocycles. The average Bonchev–Trinajstić information content (AvgIpc) is 2.84. The van der Waals surface area contributed by atoms with Crippen LogP contribution in [0, 0.1) is 0 Å². The summed E-state index contributed by atoms with van der Waals surface area (Å²) in [7, 11) is 3.26. The van der Waals surface area contributed by atoms with Crippen molar-refractivity contribution in [1.29, 1.82) is 0 Å². The molecule has 0 aromatic heterocycles. The van der Waals surface area contributed by atoms with E-state index in [1.165, 1.54) is 0 Å². The zero-order chi connectivity index (χ0) is 23.6. The zero-order valence-electron chi connectivity index (χ0n) is 19.2. The molecule has 1 aliphatic carbocycles. The van der Waals surface area contributed by atoms with E-state index in [0.717, 1.165) is 29.9 Å². The minimum absolute atomic E-state index is 0.0299. The number of methoxy groups -OCH3 is 2. The number of benzene rings is 1. The van der Waals surface area contributed by atoms with Crippen molar-refractivity contribution < 1.29 is 38.3 Å². The van der Waals surface area contributed by atoms with Gasteiger partial charge >= 0.3 is 5.97 Å². The minimum atomic E-state index is -0.569. The number of carbonyl (C=O) groups excluding carboxylic acids is 1. The number of allylic oxidation sites excluding steroid dienone is 2. The smallest absolute Gasteiger partial charge is 0.338 e. The van der Waals surface area contributed by atoms with E-state index in [0.29, 0.717) is 37.4 Å². The van der Waals surface area contributed by atoms with Gasteiger partial charge in [-0.25, -0.2) is 4.79 Å². The van der Waals surface area contributed by atoms with Crippen LogP contribution in [0.15, 0.2) is 60.1 Å². The summed E-state index contributed by atoms with van der Waals surface area (Å²) in [5, 5.41) is 10.0. The molecule has 33 heavy (non-hydrogen) atoms. The molecule has 1 aromatic carbocycles. The fraction of sp³-hybridized carbons (Fsp3) is 0.480. The van der Waals surface area contributed by atoms with E-state index >= 15 is 0 Å². The third kappa shape index (κ3) is 7.08. The highest BCUT2D eigenvalue weighted by Crippen LogP contribution is 2.27. The molecule has 3 rings (SSSR count). The fourth-order valence-corrected chi connectivity index (χ4v) is 3.76. The molecule has 0 spiro atoms. The minimum Gasteiger partial charge on any atom is -0.501 e. The van der Waals surface area contributed by atoms with Crippen molar-refractivity contribution in [3.05, 3.63) is 65.7 Å².